The molecule has 4 rings (SSSR count). The summed E-state index contributed by atoms with van der Waals surface area (Å²) in [6, 6.07) is 7.92. The van der Waals surface area contributed by atoms with Crippen LogP contribution in [-0.2, 0) is 5.88 Å². The number of hydrogen-bond acceptors (Lipinski definition) is 5. The summed E-state index contributed by atoms with van der Waals surface area (Å²) in [6.45, 7) is 4.28. The molecule has 1 unspecified atom stereocenters. The van der Waals surface area contributed by atoms with Crippen LogP contribution in [0, 0.1) is 5.92 Å². The molecule has 0 aliphatic heterocycles. The van der Waals surface area contributed by atoms with Gasteiger partial charge in [0.15, 0.2) is 5.78 Å². The zero-order chi connectivity index (χ0) is 21.8. The first-order chi connectivity index (χ1) is 15.2. The number of hydrogen-bond donors (Lipinski definition) is 0. The summed E-state index contributed by atoms with van der Waals surface area (Å²) in [6.07, 6.45) is 12.8. The van der Waals surface area contributed by atoms with E-state index in [1.165, 1.54) is 6.42 Å². The molecule has 0 aromatic carbocycles. The smallest absolute Gasteiger partial charge is 0.184 e. The zero-order valence-corrected chi connectivity index (χ0v) is 19.2. The van der Waals surface area contributed by atoms with E-state index in [4.69, 9.17) is 5.10 Å². The zero-order valence-electron chi connectivity index (χ0n) is 18.4. The topological polar surface area (TPSA) is 65.1 Å². The molecule has 7 heteroatoms. The number of pyridine rings is 2. The van der Waals surface area contributed by atoms with Crippen molar-refractivity contribution in [3.8, 4) is 11.3 Å². The predicted molar refractivity (Wildman–Crippen MR) is 127 cm³/mol. The minimum absolute atomic E-state index is 0.0347. The van der Waals surface area contributed by atoms with Crippen LogP contribution in [0.5, 0.6) is 0 Å². The third kappa shape index (κ3) is 4.24. The summed E-state index contributed by atoms with van der Waals surface area (Å²) in [5, 5.41) is 10.3. The van der Waals surface area contributed by atoms with Gasteiger partial charge in [-0.25, -0.2) is 4.52 Å². The molecule has 162 valence electrons. The molecule has 0 radical (unpaired) electrons. The Balaban J connectivity index is 1.76. The Bertz CT molecular complexity index is 1200. The van der Waals surface area contributed by atoms with Gasteiger partial charge in [0.05, 0.1) is 23.1 Å². The van der Waals surface area contributed by atoms with Crippen LogP contribution in [0.3, 0.4) is 0 Å². The second-order valence-corrected chi connectivity index (χ2v) is 8.74. The van der Waals surface area contributed by atoms with E-state index in [-0.39, 0.29) is 11.7 Å². The molecule has 4 aromatic heterocycles. The van der Waals surface area contributed by atoms with Crippen LogP contribution in [0.2, 0.25) is 0 Å². The summed E-state index contributed by atoms with van der Waals surface area (Å²) >= 11 is 1.70. The van der Waals surface area contributed by atoms with Crippen molar-refractivity contribution in [2.75, 3.05) is 6.26 Å². The molecular formula is C24H29N5OS. The first kappa shape index (κ1) is 21.6. The number of unbranched alkanes of at least 4 members (excludes halogenated alkanes) is 2. The fourth-order valence-electron chi connectivity index (χ4n) is 4.11. The molecule has 0 aliphatic carbocycles. The van der Waals surface area contributed by atoms with E-state index in [9.17, 15) is 4.79 Å². The minimum Gasteiger partial charge on any atom is -0.292 e. The highest BCUT2D eigenvalue weighted by Crippen LogP contribution is 2.32. The minimum atomic E-state index is 0.0347. The number of thioether (sulfide) groups is 1. The van der Waals surface area contributed by atoms with Crippen molar-refractivity contribution in [2.24, 2.45) is 5.92 Å². The summed E-state index contributed by atoms with van der Waals surface area (Å²) in [5.74, 6) is 0.892. The number of aromatic nitrogens is 5. The first-order valence-electron chi connectivity index (χ1n) is 11.0. The molecule has 0 amide bonds. The van der Waals surface area contributed by atoms with Gasteiger partial charge in [0.25, 0.3) is 0 Å². The van der Waals surface area contributed by atoms with Gasteiger partial charge in [0, 0.05) is 29.3 Å². The van der Waals surface area contributed by atoms with Gasteiger partial charge in [-0.15, -0.1) is 11.8 Å². The number of rotatable bonds is 10. The molecule has 0 spiro atoms. The van der Waals surface area contributed by atoms with Gasteiger partial charge in [-0.1, -0.05) is 39.2 Å². The van der Waals surface area contributed by atoms with Crippen molar-refractivity contribution >= 4 is 34.0 Å². The number of Topliss-reactive ketones (excluding diaryl/α,β-unsaturated/α-hetero) is 1. The van der Waals surface area contributed by atoms with Crippen LogP contribution in [0.1, 0.15) is 56.4 Å². The van der Waals surface area contributed by atoms with Crippen LogP contribution in [-0.4, -0.2) is 36.4 Å². The highest BCUT2D eigenvalue weighted by molar-refractivity contribution is 7.97. The van der Waals surface area contributed by atoms with Gasteiger partial charge in [-0.3, -0.25) is 14.5 Å². The van der Waals surface area contributed by atoms with Crippen molar-refractivity contribution in [1.29, 1.82) is 0 Å². The van der Waals surface area contributed by atoms with Crippen LogP contribution < -0.4 is 0 Å². The SMILES string of the molecule is CCCCCC(CC)C(=O)c1cc2c(cn1)c(-c1cnn3ccccc13)nn2CSC. The average molecular weight is 436 g/mol. The number of nitrogens with zero attached hydrogens (tertiary/aromatic N) is 5. The Labute approximate surface area is 187 Å². The van der Waals surface area contributed by atoms with Gasteiger partial charge >= 0.3 is 0 Å². The lowest BCUT2D eigenvalue weighted by Gasteiger charge is -2.13. The maximum absolute atomic E-state index is 13.2. The highest BCUT2D eigenvalue weighted by atomic mass is 32.2. The molecule has 4 aromatic rings. The predicted octanol–water partition coefficient (Wildman–Crippen LogP) is 5.86. The average Bonchev–Trinajstić information content (AvgIpc) is 3.38. The number of carbonyl (C=O) groups is 1. The van der Waals surface area contributed by atoms with Crippen LogP contribution in [0.25, 0.3) is 27.7 Å². The molecule has 31 heavy (non-hydrogen) atoms. The molecule has 0 saturated carbocycles. The second-order valence-electron chi connectivity index (χ2n) is 7.91. The Morgan fingerprint density at radius 2 is 2.03 bits per heavy atom. The van der Waals surface area contributed by atoms with Gasteiger partial charge < -0.3 is 0 Å². The third-order valence-electron chi connectivity index (χ3n) is 5.84. The normalized spacial score (nSPS) is 12.6. The molecule has 6 nitrogen and oxygen atoms in total. The van der Waals surface area contributed by atoms with E-state index >= 15 is 0 Å². The maximum atomic E-state index is 13.2. The molecule has 0 fully saturated rings. The van der Waals surface area contributed by atoms with Gasteiger partial charge in [0.1, 0.15) is 11.4 Å². The first-order valence-corrected chi connectivity index (χ1v) is 12.4. The van der Waals surface area contributed by atoms with Crippen molar-refractivity contribution in [2.45, 2.75) is 51.8 Å². The van der Waals surface area contributed by atoms with Crippen LogP contribution in [0.15, 0.2) is 42.9 Å². The lowest BCUT2D eigenvalue weighted by molar-refractivity contribution is 0.0903. The summed E-state index contributed by atoms with van der Waals surface area (Å²) in [5.41, 5.74) is 4.32. The molecule has 1 atom stereocenters. The molecular weight excluding hydrogens is 406 g/mol. The van der Waals surface area contributed by atoms with Crippen molar-refractivity contribution in [3.63, 3.8) is 0 Å². The van der Waals surface area contributed by atoms with Gasteiger partial charge in [-0.05, 0) is 37.3 Å². The Kier molecular flexibility index (Phi) is 6.70. The molecule has 4 heterocycles. The maximum Gasteiger partial charge on any atom is 0.184 e. The summed E-state index contributed by atoms with van der Waals surface area (Å²) in [4.78, 5) is 17.8. The van der Waals surface area contributed by atoms with E-state index in [0.717, 1.165) is 53.4 Å². The molecule has 0 N–H and O–H groups in total. The largest absolute Gasteiger partial charge is 0.292 e. The monoisotopic (exact) mass is 435 g/mol. The highest BCUT2D eigenvalue weighted by Gasteiger charge is 2.22. The van der Waals surface area contributed by atoms with Crippen LogP contribution >= 0.6 is 11.8 Å². The Morgan fingerprint density at radius 3 is 2.81 bits per heavy atom. The second kappa shape index (κ2) is 9.64. The standard InChI is InChI=1S/C24H29N5OS/c1-4-6-7-10-17(5-2)24(30)20-13-22-18(14-25-20)23(27-29(22)16-31-3)19-15-26-28-12-9-8-11-21(19)28/h8-9,11-15,17H,4-7,10,16H2,1-3H3. The quantitative estimate of drug-likeness (QED) is 0.231. The fourth-order valence-corrected chi connectivity index (χ4v) is 4.55. The lowest BCUT2D eigenvalue weighted by atomic mass is 9.92. The fraction of sp³-hybridized carbons (Fsp3) is 0.417. The number of carbonyl (C=O) groups excluding carboxylic acids is 1. The number of ketones is 1. The Morgan fingerprint density at radius 1 is 1.16 bits per heavy atom. The molecule has 0 bridgehead atoms. The van der Waals surface area contributed by atoms with Crippen molar-refractivity contribution in [1.82, 2.24) is 24.4 Å². The summed E-state index contributed by atoms with van der Waals surface area (Å²) in [7, 11) is 0. The summed E-state index contributed by atoms with van der Waals surface area (Å²) < 4.78 is 3.82. The lowest BCUT2D eigenvalue weighted by Crippen LogP contribution is -2.15. The van der Waals surface area contributed by atoms with Gasteiger partial charge in [-0.2, -0.15) is 10.2 Å². The van der Waals surface area contributed by atoms with E-state index in [1.807, 2.05) is 52.1 Å². The van der Waals surface area contributed by atoms with Gasteiger partial charge in [0.2, 0.25) is 0 Å². The number of fused-ring (bicyclic) bond motifs is 2. The van der Waals surface area contributed by atoms with E-state index in [2.05, 4.69) is 30.2 Å². The van der Waals surface area contributed by atoms with E-state index < -0.39 is 0 Å². The van der Waals surface area contributed by atoms with Crippen LogP contribution in [0.4, 0.5) is 0 Å². The van der Waals surface area contributed by atoms with E-state index in [1.54, 1.807) is 11.8 Å². The molecule has 0 aliphatic rings. The molecule has 0 saturated heterocycles. The Hall–Kier alpha value is -2.67. The third-order valence-corrected chi connectivity index (χ3v) is 6.34. The van der Waals surface area contributed by atoms with E-state index in [0.29, 0.717) is 11.6 Å². The van der Waals surface area contributed by atoms with Crippen molar-refractivity contribution in [3.05, 3.63) is 48.5 Å². The van der Waals surface area contributed by atoms with Crippen molar-refractivity contribution < 1.29 is 4.79 Å².